The Morgan fingerprint density at radius 2 is 1.16 bits per heavy atom. The standard InChI is InChI=1S/C18H22N4O2.ClH/c23-17(15-9-3-7-11-19-15)21-13-5-1-2-6-14-22-18(24)16-10-4-8-12-20-16;/h3-4,7-12H,1-2,5-6,13-14H2,(H,21,23)(H,22,24);1H. The van der Waals surface area contributed by atoms with Gasteiger partial charge in [-0.1, -0.05) is 25.0 Å². The van der Waals surface area contributed by atoms with Crippen molar-refractivity contribution in [1.82, 2.24) is 20.6 Å². The quantitative estimate of drug-likeness (QED) is 0.671. The normalized spacial score (nSPS) is 9.76. The van der Waals surface area contributed by atoms with Crippen molar-refractivity contribution in [3.63, 3.8) is 0 Å². The fourth-order valence-corrected chi connectivity index (χ4v) is 2.18. The van der Waals surface area contributed by atoms with E-state index < -0.39 is 0 Å². The molecule has 0 spiro atoms. The molecule has 0 aliphatic carbocycles. The highest BCUT2D eigenvalue weighted by molar-refractivity contribution is 5.92. The largest absolute Gasteiger partial charge is 0.351 e. The molecule has 2 aromatic heterocycles. The molecule has 134 valence electrons. The van der Waals surface area contributed by atoms with E-state index in [-0.39, 0.29) is 24.2 Å². The maximum Gasteiger partial charge on any atom is 0.269 e. The SMILES string of the molecule is Cl.O=C(NCCCCCCNC(=O)c1ccccn1)c1ccccn1. The molecular formula is C18H23ClN4O2. The molecule has 0 atom stereocenters. The van der Waals surface area contributed by atoms with Crippen LogP contribution < -0.4 is 10.6 Å². The third-order valence-corrected chi connectivity index (χ3v) is 3.47. The molecule has 0 unspecified atom stereocenters. The predicted octanol–water partition coefficient (Wildman–Crippen LogP) is 2.62. The average molecular weight is 363 g/mol. The zero-order valence-corrected chi connectivity index (χ0v) is 14.8. The van der Waals surface area contributed by atoms with Crippen LogP contribution in [0.1, 0.15) is 46.7 Å². The molecule has 0 fully saturated rings. The van der Waals surface area contributed by atoms with Crippen LogP contribution in [0.25, 0.3) is 0 Å². The van der Waals surface area contributed by atoms with Crippen molar-refractivity contribution in [2.75, 3.05) is 13.1 Å². The summed E-state index contributed by atoms with van der Waals surface area (Å²) in [5, 5.41) is 5.70. The number of rotatable bonds is 9. The van der Waals surface area contributed by atoms with E-state index in [2.05, 4.69) is 20.6 Å². The lowest BCUT2D eigenvalue weighted by Crippen LogP contribution is -2.26. The van der Waals surface area contributed by atoms with Crippen LogP contribution in [0.2, 0.25) is 0 Å². The van der Waals surface area contributed by atoms with Crippen LogP contribution in [0.5, 0.6) is 0 Å². The van der Waals surface area contributed by atoms with Crippen LogP contribution in [0, 0.1) is 0 Å². The summed E-state index contributed by atoms with van der Waals surface area (Å²) in [4.78, 5) is 31.5. The van der Waals surface area contributed by atoms with Crippen molar-refractivity contribution in [1.29, 1.82) is 0 Å². The van der Waals surface area contributed by atoms with E-state index in [9.17, 15) is 9.59 Å². The highest BCUT2D eigenvalue weighted by atomic mass is 35.5. The van der Waals surface area contributed by atoms with Gasteiger partial charge in [0.05, 0.1) is 0 Å². The Balaban J connectivity index is 0.00000312. The van der Waals surface area contributed by atoms with Gasteiger partial charge in [0.25, 0.3) is 11.8 Å². The molecule has 0 aliphatic rings. The van der Waals surface area contributed by atoms with Gasteiger partial charge < -0.3 is 10.6 Å². The van der Waals surface area contributed by atoms with Gasteiger partial charge in [-0.25, -0.2) is 0 Å². The highest BCUT2D eigenvalue weighted by Crippen LogP contribution is 2.00. The smallest absolute Gasteiger partial charge is 0.269 e. The monoisotopic (exact) mass is 362 g/mol. The summed E-state index contributed by atoms with van der Waals surface area (Å²) in [5.74, 6) is -0.281. The van der Waals surface area contributed by atoms with Gasteiger partial charge in [0.2, 0.25) is 0 Å². The summed E-state index contributed by atoms with van der Waals surface area (Å²) in [6.07, 6.45) is 7.03. The van der Waals surface area contributed by atoms with Crippen LogP contribution in [-0.4, -0.2) is 34.9 Å². The maximum atomic E-state index is 11.8. The number of carbonyl (C=O) groups is 2. The van der Waals surface area contributed by atoms with Crippen LogP contribution >= 0.6 is 12.4 Å². The van der Waals surface area contributed by atoms with Gasteiger partial charge in [-0.2, -0.15) is 0 Å². The van der Waals surface area contributed by atoms with Gasteiger partial charge in [0.15, 0.2) is 0 Å². The first-order valence-corrected chi connectivity index (χ1v) is 8.16. The number of nitrogens with one attached hydrogen (secondary N) is 2. The molecule has 2 heterocycles. The second-order valence-electron chi connectivity index (χ2n) is 5.36. The molecule has 0 aromatic carbocycles. The first-order valence-electron chi connectivity index (χ1n) is 8.16. The van der Waals surface area contributed by atoms with Crippen molar-refractivity contribution in [3.05, 3.63) is 60.2 Å². The lowest BCUT2D eigenvalue weighted by atomic mass is 10.2. The molecule has 0 radical (unpaired) electrons. The highest BCUT2D eigenvalue weighted by Gasteiger charge is 2.05. The van der Waals surface area contributed by atoms with Gasteiger partial charge in [0, 0.05) is 25.5 Å². The molecule has 25 heavy (non-hydrogen) atoms. The zero-order valence-electron chi connectivity index (χ0n) is 14.0. The number of amides is 2. The molecule has 7 heteroatoms. The third kappa shape index (κ3) is 7.76. The number of hydrogen-bond acceptors (Lipinski definition) is 4. The zero-order chi connectivity index (χ0) is 17.0. The number of unbranched alkanes of at least 4 members (excludes halogenated alkanes) is 3. The number of aromatic nitrogens is 2. The fraction of sp³-hybridized carbons (Fsp3) is 0.333. The Morgan fingerprint density at radius 3 is 1.52 bits per heavy atom. The summed E-state index contributed by atoms with van der Waals surface area (Å²) in [7, 11) is 0. The molecule has 0 aliphatic heterocycles. The molecule has 0 bridgehead atoms. The van der Waals surface area contributed by atoms with Crippen LogP contribution in [0.15, 0.2) is 48.8 Å². The van der Waals surface area contributed by atoms with Gasteiger partial charge in [-0.05, 0) is 37.1 Å². The van der Waals surface area contributed by atoms with Gasteiger partial charge >= 0.3 is 0 Å². The minimum atomic E-state index is -0.141. The van der Waals surface area contributed by atoms with Crippen LogP contribution in [0.3, 0.4) is 0 Å². The fourth-order valence-electron chi connectivity index (χ4n) is 2.18. The van der Waals surface area contributed by atoms with Crippen molar-refractivity contribution < 1.29 is 9.59 Å². The van der Waals surface area contributed by atoms with Gasteiger partial charge in [-0.15, -0.1) is 12.4 Å². The molecule has 0 saturated carbocycles. The van der Waals surface area contributed by atoms with E-state index >= 15 is 0 Å². The van der Waals surface area contributed by atoms with Crippen LogP contribution in [-0.2, 0) is 0 Å². The van der Waals surface area contributed by atoms with E-state index in [1.54, 1.807) is 48.8 Å². The molecule has 2 aromatic rings. The molecule has 0 saturated heterocycles. The second kappa shape index (κ2) is 12.0. The summed E-state index contributed by atoms with van der Waals surface area (Å²) in [6.45, 7) is 1.27. The summed E-state index contributed by atoms with van der Waals surface area (Å²) >= 11 is 0. The summed E-state index contributed by atoms with van der Waals surface area (Å²) in [6, 6.07) is 10.5. The Hall–Kier alpha value is -2.47. The van der Waals surface area contributed by atoms with Gasteiger partial charge in [-0.3, -0.25) is 19.6 Å². The molecule has 2 amide bonds. The molecule has 2 rings (SSSR count). The first kappa shape index (κ1) is 20.6. The van der Waals surface area contributed by atoms with Crippen LogP contribution in [0.4, 0.5) is 0 Å². The molecule has 6 nitrogen and oxygen atoms in total. The molecule has 2 N–H and O–H groups in total. The summed E-state index contributed by atoms with van der Waals surface area (Å²) < 4.78 is 0. The third-order valence-electron chi connectivity index (χ3n) is 3.47. The number of pyridine rings is 2. The number of carbonyl (C=O) groups excluding carboxylic acids is 2. The second-order valence-corrected chi connectivity index (χ2v) is 5.36. The first-order chi connectivity index (χ1) is 11.8. The minimum Gasteiger partial charge on any atom is -0.351 e. The van der Waals surface area contributed by atoms with E-state index in [4.69, 9.17) is 0 Å². The van der Waals surface area contributed by atoms with Crippen molar-refractivity contribution in [2.24, 2.45) is 0 Å². The van der Waals surface area contributed by atoms with E-state index in [0.29, 0.717) is 24.5 Å². The number of nitrogens with zero attached hydrogens (tertiary/aromatic N) is 2. The Kier molecular flexibility index (Phi) is 9.85. The Bertz CT molecular complexity index is 581. The van der Waals surface area contributed by atoms with Crippen molar-refractivity contribution in [3.8, 4) is 0 Å². The predicted molar refractivity (Wildman–Crippen MR) is 98.9 cm³/mol. The lowest BCUT2D eigenvalue weighted by Gasteiger charge is -2.06. The average Bonchev–Trinajstić information content (AvgIpc) is 2.65. The number of halogens is 1. The topological polar surface area (TPSA) is 84.0 Å². The minimum absolute atomic E-state index is 0. The molecular weight excluding hydrogens is 340 g/mol. The van der Waals surface area contributed by atoms with E-state index in [1.165, 1.54) is 0 Å². The lowest BCUT2D eigenvalue weighted by molar-refractivity contribution is 0.0938. The van der Waals surface area contributed by atoms with E-state index in [1.807, 2.05) is 0 Å². The summed E-state index contributed by atoms with van der Waals surface area (Å²) in [5.41, 5.74) is 0.879. The maximum absolute atomic E-state index is 11.8. The van der Waals surface area contributed by atoms with E-state index in [0.717, 1.165) is 25.7 Å². The van der Waals surface area contributed by atoms with Gasteiger partial charge in [0.1, 0.15) is 11.4 Å². The number of hydrogen-bond donors (Lipinski definition) is 2. The Morgan fingerprint density at radius 1 is 0.720 bits per heavy atom. The Labute approximate surface area is 153 Å². The van der Waals surface area contributed by atoms with Crippen molar-refractivity contribution in [2.45, 2.75) is 25.7 Å². The van der Waals surface area contributed by atoms with Crippen molar-refractivity contribution >= 4 is 24.2 Å².